The molecule has 8 heteroatoms. The normalized spacial score (nSPS) is 17.8. The van der Waals surface area contributed by atoms with Gasteiger partial charge >= 0.3 is 5.97 Å². The summed E-state index contributed by atoms with van der Waals surface area (Å²) in [6.07, 6.45) is 0.735. The van der Waals surface area contributed by atoms with E-state index in [4.69, 9.17) is 4.74 Å². The zero-order valence-corrected chi connectivity index (χ0v) is 17.3. The second kappa shape index (κ2) is 8.22. The van der Waals surface area contributed by atoms with E-state index < -0.39 is 18.0 Å². The minimum Gasteiger partial charge on any atom is -0.449 e. The number of nitrogens with one attached hydrogen (secondary N) is 2. The van der Waals surface area contributed by atoms with E-state index in [0.29, 0.717) is 16.9 Å². The van der Waals surface area contributed by atoms with Crippen LogP contribution in [0, 0.1) is 0 Å². The Morgan fingerprint density at radius 3 is 2.55 bits per heavy atom. The SMILES string of the molecule is CC(=O)c1ccc(NC(=O)[C@H](C)OC(=O)c2ccc3c(c2)NC(=O)[C@H]2CCCN32)cc1. The fraction of sp³-hybridized carbons (Fsp3) is 0.304. The standard InChI is InChI=1S/C23H23N3O5/c1-13(27)15-5-8-17(9-6-15)24-21(28)14(2)31-23(30)16-7-10-19-18(12-16)25-22(29)20-4-3-11-26(19)20/h5-10,12,14,20H,3-4,11H2,1-2H3,(H,24,28)(H,25,29)/t14-,20+/m0/s1. The number of ether oxygens (including phenoxy) is 1. The second-order valence-electron chi connectivity index (χ2n) is 7.74. The van der Waals surface area contributed by atoms with Crippen molar-refractivity contribution in [1.82, 2.24) is 0 Å². The topological polar surface area (TPSA) is 105 Å². The lowest BCUT2D eigenvalue weighted by atomic mass is 10.1. The van der Waals surface area contributed by atoms with Gasteiger partial charge in [0.05, 0.1) is 16.9 Å². The van der Waals surface area contributed by atoms with Crippen LogP contribution in [0.1, 0.15) is 47.4 Å². The monoisotopic (exact) mass is 421 g/mol. The zero-order valence-electron chi connectivity index (χ0n) is 17.3. The molecule has 1 saturated heterocycles. The minimum atomic E-state index is -1.03. The van der Waals surface area contributed by atoms with Crippen LogP contribution in [0.5, 0.6) is 0 Å². The number of hydrogen-bond donors (Lipinski definition) is 2. The average Bonchev–Trinajstić information content (AvgIpc) is 3.24. The van der Waals surface area contributed by atoms with E-state index in [9.17, 15) is 19.2 Å². The number of anilines is 3. The molecule has 8 nitrogen and oxygen atoms in total. The third-order valence-corrected chi connectivity index (χ3v) is 5.57. The summed E-state index contributed by atoms with van der Waals surface area (Å²) in [5.41, 5.74) is 2.74. The van der Waals surface area contributed by atoms with Gasteiger partial charge in [-0.05, 0) is 69.2 Å². The van der Waals surface area contributed by atoms with Gasteiger partial charge in [-0.3, -0.25) is 14.4 Å². The fourth-order valence-corrected chi connectivity index (χ4v) is 3.87. The van der Waals surface area contributed by atoms with Gasteiger partial charge < -0.3 is 20.3 Å². The molecule has 2 amide bonds. The molecular formula is C23H23N3O5. The van der Waals surface area contributed by atoms with Crippen LogP contribution in [0.15, 0.2) is 42.5 Å². The molecular weight excluding hydrogens is 398 g/mol. The van der Waals surface area contributed by atoms with Crippen LogP contribution in [0.25, 0.3) is 0 Å². The largest absolute Gasteiger partial charge is 0.449 e. The van der Waals surface area contributed by atoms with Crippen LogP contribution in [0.3, 0.4) is 0 Å². The molecule has 2 aliphatic heterocycles. The molecule has 2 aliphatic rings. The van der Waals surface area contributed by atoms with Crippen LogP contribution in [0.4, 0.5) is 17.1 Å². The predicted octanol–water partition coefficient (Wildman–Crippen LogP) is 2.99. The smallest absolute Gasteiger partial charge is 0.338 e. The Labute approximate surface area is 179 Å². The maximum absolute atomic E-state index is 12.6. The average molecular weight is 421 g/mol. The summed E-state index contributed by atoms with van der Waals surface area (Å²) in [5, 5.41) is 5.51. The molecule has 31 heavy (non-hydrogen) atoms. The van der Waals surface area contributed by atoms with Gasteiger partial charge in [0.15, 0.2) is 11.9 Å². The number of carbonyl (C=O) groups is 4. The summed E-state index contributed by atoms with van der Waals surface area (Å²) < 4.78 is 5.31. The predicted molar refractivity (Wildman–Crippen MR) is 115 cm³/mol. The second-order valence-corrected chi connectivity index (χ2v) is 7.74. The molecule has 0 radical (unpaired) electrons. The highest BCUT2D eigenvalue weighted by atomic mass is 16.5. The van der Waals surface area contributed by atoms with Gasteiger partial charge in [0, 0.05) is 17.8 Å². The van der Waals surface area contributed by atoms with E-state index in [0.717, 1.165) is 25.1 Å². The highest BCUT2D eigenvalue weighted by Crippen LogP contribution is 2.37. The molecule has 0 aromatic heterocycles. The number of hydrogen-bond acceptors (Lipinski definition) is 6. The minimum absolute atomic E-state index is 0.0679. The van der Waals surface area contributed by atoms with Gasteiger partial charge in [-0.2, -0.15) is 0 Å². The van der Waals surface area contributed by atoms with Crippen molar-refractivity contribution < 1.29 is 23.9 Å². The molecule has 2 atom stereocenters. The maximum Gasteiger partial charge on any atom is 0.338 e. The highest BCUT2D eigenvalue weighted by Gasteiger charge is 2.36. The van der Waals surface area contributed by atoms with Crippen molar-refractivity contribution in [2.75, 3.05) is 22.1 Å². The number of rotatable bonds is 5. The van der Waals surface area contributed by atoms with Crippen LogP contribution < -0.4 is 15.5 Å². The van der Waals surface area contributed by atoms with Crippen LogP contribution >= 0.6 is 0 Å². The Balaban J connectivity index is 1.41. The van der Waals surface area contributed by atoms with Crippen molar-refractivity contribution in [3.05, 3.63) is 53.6 Å². The molecule has 0 saturated carbocycles. The van der Waals surface area contributed by atoms with Crippen LogP contribution in [0.2, 0.25) is 0 Å². The molecule has 1 fully saturated rings. The highest BCUT2D eigenvalue weighted by molar-refractivity contribution is 6.06. The number of Topliss-reactive ketones (excluding diaryl/α,β-unsaturated/α-hetero) is 1. The van der Waals surface area contributed by atoms with Crippen molar-refractivity contribution in [2.24, 2.45) is 0 Å². The molecule has 2 N–H and O–H groups in total. The molecule has 2 aromatic carbocycles. The van der Waals surface area contributed by atoms with Gasteiger partial charge in [-0.15, -0.1) is 0 Å². The Hall–Kier alpha value is -3.68. The van der Waals surface area contributed by atoms with E-state index >= 15 is 0 Å². The molecule has 0 spiro atoms. The van der Waals surface area contributed by atoms with Crippen molar-refractivity contribution >= 4 is 40.6 Å². The van der Waals surface area contributed by atoms with E-state index in [-0.39, 0.29) is 23.3 Å². The number of nitrogens with zero attached hydrogens (tertiary/aromatic N) is 1. The molecule has 0 unspecified atom stereocenters. The quantitative estimate of drug-likeness (QED) is 0.568. The number of amides is 2. The third kappa shape index (κ3) is 4.14. The summed E-state index contributed by atoms with van der Waals surface area (Å²) in [6.45, 7) is 3.75. The maximum atomic E-state index is 12.6. The van der Waals surface area contributed by atoms with Crippen LogP contribution in [-0.4, -0.2) is 42.3 Å². The van der Waals surface area contributed by atoms with E-state index in [2.05, 4.69) is 15.5 Å². The lowest BCUT2D eigenvalue weighted by molar-refractivity contribution is -0.123. The fourth-order valence-electron chi connectivity index (χ4n) is 3.87. The summed E-state index contributed by atoms with van der Waals surface area (Å²) in [4.78, 5) is 50.6. The number of carbonyl (C=O) groups excluding carboxylic acids is 4. The number of fused-ring (bicyclic) bond motifs is 3. The number of esters is 1. The molecule has 160 valence electrons. The van der Waals surface area contributed by atoms with E-state index in [1.54, 1.807) is 42.5 Å². The summed E-state index contributed by atoms with van der Waals surface area (Å²) in [7, 11) is 0. The molecule has 2 aromatic rings. The first-order valence-electron chi connectivity index (χ1n) is 10.2. The van der Waals surface area contributed by atoms with Crippen molar-refractivity contribution in [3.8, 4) is 0 Å². The zero-order chi connectivity index (χ0) is 22.1. The molecule has 2 heterocycles. The Bertz CT molecular complexity index is 1060. The summed E-state index contributed by atoms with van der Waals surface area (Å²) in [5.74, 6) is -1.29. The van der Waals surface area contributed by atoms with Gasteiger partial charge in [0.25, 0.3) is 5.91 Å². The van der Waals surface area contributed by atoms with E-state index in [1.165, 1.54) is 13.8 Å². The third-order valence-electron chi connectivity index (χ3n) is 5.57. The Morgan fingerprint density at radius 2 is 1.84 bits per heavy atom. The lowest BCUT2D eigenvalue weighted by Gasteiger charge is -2.33. The van der Waals surface area contributed by atoms with E-state index in [1.807, 2.05) is 0 Å². The molecule has 4 rings (SSSR count). The number of benzene rings is 2. The first-order chi connectivity index (χ1) is 14.8. The van der Waals surface area contributed by atoms with Gasteiger partial charge in [-0.1, -0.05) is 0 Å². The van der Waals surface area contributed by atoms with Gasteiger partial charge in [0.1, 0.15) is 6.04 Å². The summed E-state index contributed by atoms with van der Waals surface area (Å²) >= 11 is 0. The van der Waals surface area contributed by atoms with Gasteiger partial charge in [0.2, 0.25) is 5.91 Å². The van der Waals surface area contributed by atoms with Crippen molar-refractivity contribution in [3.63, 3.8) is 0 Å². The summed E-state index contributed by atoms with van der Waals surface area (Å²) in [6, 6.07) is 11.3. The van der Waals surface area contributed by atoms with Crippen LogP contribution in [-0.2, 0) is 14.3 Å². The van der Waals surface area contributed by atoms with Crippen molar-refractivity contribution in [1.29, 1.82) is 0 Å². The first kappa shape index (κ1) is 20.6. The molecule has 0 aliphatic carbocycles. The number of ketones is 1. The van der Waals surface area contributed by atoms with Gasteiger partial charge in [-0.25, -0.2) is 4.79 Å². The Kier molecular flexibility index (Phi) is 5.46. The lowest BCUT2D eigenvalue weighted by Crippen LogP contribution is -2.43. The first-order valence-corrected chi connectivity index (χ1v) is 10.2. The van der Waals surface area contributed by atoms with Crippen molar-refractivity contribution in [2.45, 2.75) is 38.8 Å². The molecule has 0 bridgehead atoms. The Morgan fingerprint density at radius 1 is 1.13 bits per heavy atom.